The lowest BCUT2D eigenvalue weighted by Gasteiger charge is -2.06. The van der Waals surface area contributed by atoms with E-state index in [9.17, 15) is 0 Å². The van der Waals surface area contributed by atoms with Gasteiger partial charge in [0.15, 0.2) is 5.82 Å². The number of nitrogens with zero attached hydrogens (tertiary/aromatic N) is 2. The molecule has 0 unspecified atom stereocenters. The maximum atomic E-state index is 5.56. The van der Waals surface area contributed by atoms with Gasteiger partial charge in [0.2, 0.25) is 0 Å². The minimum atomic E-state index is 0.615. The molecule has 88 valence electrons. The largest absolute Gasteiger partial charge is 0.330 e. The molecular weight excluding hydrogens is 210 g/mol. The molecule has 0 amide bonds. The summed E-state index contributed by atoms with van der Waals surface area (Å²) in [5, 5.41) is 0. The van der Waals surface area contributed by atoms with Crippen molar-refractivity contribution in [3.8, 4) is 11.4 Å². The Morgan fingerprint density at radius 2 is 1.94 bits per heavy atom. The zero-order valence-electron chi connectivity index (χ0n) is 10.3. The van der Waals surface area contributed by atoms with E-state index >= 15 is 0 Å². The molecule has 2 rings (SSSR count). The standard InChI is InChI=1S/C14H17N3/c1-10-4-3-5-12(8-10)14-16-11(2)9-13(17-14)6-7-15/h3-5,8-9H,6-7,15H2,1-2H3. The van der Waals surface area contributed by atoms with Gasteiger partial charge in [0.25, 0.3) is 0 Å². The van der Waals surface area contributed by atoms with Crippen LogP contribution in [0.1, 0.15) is 17.0 Å². The number of hydrogen-bond acceptors (Lipinski definition) is 3. The first-order valence-corrected chi connectivity index (χ1v) is 5.80. The maximum absolute atomic E-state index is 5.56. The lowest BCUT2D eigenvalue weighted by atomic mass is 10.1. The van der Waals surface area contributed by atoms with Crippen molar-refractivity contribution in [1.82, 2.24) is 9.97 Å². The van der Waals surface area contributed by atoms with E-state index in [0.29, 0.717) is 6.54 Å². The van der Waals surface area contributed by atoms with Crippen molar-refractivity contribution in [3.05, 3.63) is 47.3 Å². The van der Waals surface area contributed by atoms with Gasteiger partial charge in [0.1, 0.15) is 0 Å². The van der Waals surface area contributed by atoms with E-state index in [-0.39, 0.29) is 0 Å². The number of aromatic nitrogens is 2. The molecule has 0 aliphatic heterocycles. The van der Waals surface area contributed by atoms with Crippen molar-refractivity contribution in [3.63, 3.8) is 0 Å². The van der Waals surface area contributed by atoms with E-state index in [0.717, 1.165) is 29.2 Å². The Labute approximate surface area is 102 Å². The molecule has 17 heavy (non-hydrogen) atoms. The fourth-order valence-electron chi connectivity index (χ4n) is 1.82. The van der Waals surface area contributed by atoms with Gasteiger partial charge in [-0.25, -0.2) is 9.97 Å². The second-order valence-corrected chi connectivity index (χ2v) is 4.23. The summed E-state index contributed by atoms with van der Waals surface area (Å²) in [6, 6.07) is 10.2. The number of aryl methyl sites for hydroxylation is 2. The topological polar surface area (TPSA) is 51.8 Å². The Bertz CT molecular complexity index is 521. The van der Waals surface area contributed by atoms with Gasteiger partial charge < -0.3 is 5.73 Å². The van der Waals surface area contributed by atoms with Gasteiger partial charge in [-0.15, -0.1) is 0 Å². The maximum Gasteiger partial charge on any atom is 0.159 e. The monoisotopic (exact) mass is 227 g/mol. The summed E-state index contributed by atoms with van der Waals surface area (Å²) < 4.78 is 0. The van der Waals surface area contributed by atoms with Gasteiger partial charge in [-0.1, -0.05) is 23.8 Å². The zero-order chi connectivity index (χ0) is 12.3. The molecule has 0 aliphatic rings. The Morgan fingerprint density at radius 3 is 2.65 bits per heavy atom. The average molecular weight is 227 g/mol. The van der Waals surface area contributed by atoms with Crippen LogP contribution in [0.2, 0.25) is 0 Å². The SMILES string of the molecule is Cc1cccc(-c2nc(C)cc(CCN)n2)c1. The van der Waals surface area contributed by atoms with Crippen molar-refractivity contribution in [1.29, 1.82) is 0 Å². The molecule has 2 aromatic rings. The van der Waals surface area contributed by atoms with Crippen LogP contribution in [0.15, 0.2) is 30.3 Å². The summed E-state index contributed by atoms with van der Waals surface area (Å²) in [6.07, 6.45) is 0.794. The van der Waals surface area contributed by atoms with Gasteiger partial charge >= 0.3 is 0 Å². The lowest BCUT2D eigenvalue weighted by Crippen LogP contribution is -2.06. The highest BCUT2D eigenvalue weighted by Gasteiger charge is 2.04. The van der Waals surface area contributed by atoms with Crippen molar-refractivity contribution in [2.24, 2.45) is 5.73 Å². The molecule has 3 heteroatoms. The van der Waals surface area contributed by atoms with Gasteiger partial charge in [-0.2, -0.15) is 0 Å². The Morgan fingerprint density at radius 1 is 1.12 bits per heavy atom. The van der Waals surface area contributed by atoms with Crippen LogP contribution < -0.4 is 5.73 Å². The molecule has 1 aromatic carbocycles. The molecule has 0 saturated heterocycles. The molecule has 2 N–H and O–H groups in total. The highest BCUT2D eigenvalue weighted by molar-refractivity contribution is 5.56. The molecule has 0 radical (unpaired) electrons. The Hall–Kier alpha value is -1.74. The van der Waals surface area contributed by atoms with Crippen LogP contribution >= 0.6 is 0 Å². The number of benzene rings is 1. The summed E-state index contributed by atoms with van der Waals surface area (Å²) in [5.74, 6) is 0.789. The molecule has 0 atom stereocenters. The summed E-state index contributed by atoms with van der Waals surface area (Å²) in [7, 11) is 0. The molecular formula is C14H17N3. The highest BCUT2D eigenvalue weighted by Crippen LogP contribution is 2.17. The van der Waals surface area contributed by atoms with Crippen molar-refractivity contribution >= 4 is 0 Å². The summed E-state index contributed by atoms with van der Waals surface area (Å²) >= 11 is 0. The summed E-state index contributed by atoms with van der Waals surface area (Å²) in [5.41, 5.74) is 9.84. The highest BCUT2D eigenvalue weighted by atomic mass is 14.9. The van der Waals surface area contributed by atoms with Gasteiger partial charge in [-0.05, 0) is 32.5 Å². The van der Waals surface area contributed by atoms with Crippen molar-refractivity contribution in [2.45, 2.75) is 20.3 Å². The van der Waals surface area contributed by atoms with Crippen LogP contribution in [0.4, 0.5) is 0 Å². The van der Waals surface area contributed by atoms with Crippen LogP contribution in [0.25, 0.3) is 11.4 Å². The third-order valence-electron chi connectivity index (χ3n) is 2.58. The predicted molar refractivity (Wildman–Crippen MR) is 69.7 cm³/mol. The molecule has 1 aromatic heterocycles. The Kier molecular flexibility index (Phi) is 3.49. The van der Waals surface area contributed by atoms with E-state index in [4.69, 9.17) is 5.73 Å². The van der Waals surface area contributed by atoms with Crippen LogP contribution in [-0.2, 0) is 6.42 Å². The smallest absolute Gasteiger partial charge is 0.159 e. The second kappa shape index (κ2) is 5.06. The molecule has 3 nitrogen and oxygen atoms in total. The molecule has 1 heterocycles. The predicted octanol–water partition coefficient (Wildman–Crippen LogP) is 2.26. The first kappa shape index (κ1) is 11.7. The molecule has 0 saturated carbocycles. The molecule has 0 aliphatic carbocycles. The summed E-state index contributed by atoms with van der Waals surface area (Å²) in [4.78, 5) is 9.02. The fourth-order valence-corrected chi connectivity index (χ4v) is 1.82. The van der Waals surface area contributed by atoms with Crippen LogP contribution in [-0.4, -0.2) is 16.5 Å². The number of rotatable bonds is 3. The minimum Gasteiger partial charge on any atom is -0.330 e. The van der Waals surface area contributed by atoms with E-state index < -0.39 is 0 Å². The number of nitrogens with two attached hydrogens (primary N) is 1. The van der Waals surface area contributed by atoms with E-state index in [1.165, 1.54) is 5.56 Å². The average Bonchev–Trinajstić information content (AvgIpc) is 2.28. The van der Waals surface area contributed by atoms with Crippen molar-refractivity contribution in [2.75, 3.05) is 6.54 Å². The van der Waals surface area contributed by atoms with Gasteiger partial charge in [0, 0.05) is 23.4 Å². The zero-order valence-corrected chi connectivity index (χ0v) is 10.3. The molecule has 0 spiro atoms. The van der Waals surface area contributed by atoms with Crippen molar-refractivity contribution < 1.29 is 0 Å². The third-order valence-corrected chi connectivity index (χ3v) is 2.58. The fraction of sp³-hybridized carbons (Fsp3) is 0.286. The Balaban J connectivity index is 2.44. The van der Waals surface area contributed by atoms with Gasteiger partial charge in [0.05, 0.1) is 0 Å². The second-order valence-electron chi connectivity index (χ2n) is 4.23. The summed E-state index contributed by atoms with van der Waals surface area (Å²) in [6.45, 7) is 4.67. The van der Waals surface area contributed by atoms with E-state index in [1.54, 1.807) is 0 Å². The normalized spacial score (nSPS) is 10.5. The third kappa shape index (κ3) is 2.88. The quantitative estimate of drug-likeness (QED) is 0.875. The van der Waals surface area contributed by atoms with E-state index in [2.05, 4.69) is 29.0 Å². The minimum absolute atomic E-state index is 0.615. The molecule has 0 fully saturated rings. The number of hydrogen-bond donors (Lipinski definition) is 1. The van der Waals surface area contributed by atoms with E-state index in [1.807, 2.05) is 25.1 Å². The van der Waals surface area contributed by atoms with Crippen LogP contribution in [0.3, 0.4) is 0 Å². The first-order chi connectivity index (χ1) is 8.19. The first-order valence-electron chi connectivity index (χ1n) is 5.80. The van der Waals surface area contributed by atoms with Crippen LogP contribution in [0, 0.1) is 13.8 Å². The van der Waals surface area contributed by atoms with Gasteiger partial charge in [-0.3, -0.25) is 0 Å². The molecule has 0 bridgehead atoms. The lowest BCUT2D eigenvalue weighted by molar-refractivity contribution is 0.904. The van der Waals surface area contributed by atoms with Crippen LogP contribution in [0.5, 0.6) is 0 Å².